The second-order valence-electron chi connectivity index (χ2n) is 10.8. The smallest absolute Gasteiger partial charge is 0.332 e. The van der Waals surface area contributed by atoms with Crippen LogP contribution in [0.3, 0.4) is 0 Å². The number of halogens is 3. The summed E-state index contributed by atoms with van der Waals surface area (Å²) in [6, 6.07) is 13.1. The van der Waals surface area contributed by atoms with Crippen molar-refractivity contribution in [3.8, 4) is 0 Å². The van der Waals surface area contributed by atoms with Crippen LogP contribution in [-0.2, 0) is 22.4 Å². The molecule has 0 bridgehead atoms. The minimum atomic E-state index is -0.905. The number of H-pyrrole nitrogens is 1. The highest BCUT2D eigenvalue weighted by atomic mass is 35.5. The lowest BCUT2D eigenvalue weighted by Crippen LogP contribution is -2.34. The van der Waals surface area contributed by atoms with Crippen molar-refractivity contribution in [1.29, 1.82) is 0 Å². The van der Waals surface area contributed by atoms with Gasteiger partial charge in [-0.05, 0) is 98.8 Å². The second-order valence-corrected chi connectivity index (χ2v) is 10.8. The van der Waals surface area contributed by atoms with Gasteiger partial charge in [0, 0.05) is 13.0 Å². The monoisotopic (exact) mass is 581 g/mol. The molecule has 0 radical (unpaired) electrons. The van der Waals surface area contributed by atoms with Gasteiger partial charge in [0.2, 0.25) is 0 Å². The zero-order chi connectivity index (χ0) is 26.4. The molecule has 1 aromatic heterocycles. The average molecular weight is 583 g/mol. The molecule has 1 aliphatic carbocycles. The molecule has 6 nitrogen and oxygen atoms in total. The van der Waals surface area contributed by atoms with Crippen LogP contribution in [0.15, 0.2) is 42.5 Å². The lowest BCUT2D eigenvalue weighted by molar-refractivity contribution is -0.152. The highest BCUT2D eigenvalue weighted by Crippen LogP contribution is 2.41. The average Bonchev–Trinajstić information content (AvgIpc) is 3.28. The van der Waals surface area contributed by atoms with Gasteiger partial charge in [-0.2, -0.15) is 0 Å². The molecule has 3 atom stereocenters. The van der Waals surface area contributed by atoms with Crippen molar-refractivity contribution in [1.82, 2.24) is 14.9 Å². The molecule has 2 N–H and O–H groups in total. The fraction of sp³-hybridized carbons (Fsp3) is 0.533. The van der Waals surface area contributed by atoms with Crippen molar-refractivity contribution in [3.63, 3.8) is 0 Å². The van der Waals surface area contributed by atoms with Crippen molar-refractivity contribution in [2.24, 2.45) is 11.8 Å². The number of unbranched alkanes of at least 4 members (excludes halogenated alkanes) is 1. The maximum Gasteiger partial charge on any atom is 0.332 e. The molecular formula is C30H42Cl2FN3O3. The Labute approximate surface area is 243 Å². The van der Waals surface area contributed by atoms with Gasteiger partial charge in [0.25, 0.3) is 0 Å². The molecule has 0 saturated carbocycles. The molecule has 0 amide bonds. The van der Waals surface area contributed by atoms with Gasteiger partial charge in [0.05, 0.1) is 17.6 Å². The van der Waals surface area contributed by atoms with Crippen LogP contribution in [-0.4, -0.2) is 58.8 Å². The van der Waals surface area contributed by atoms with Crippen molar-refractivity contribution in [2.45, 2.75) is 64.4 Å². The molecule has 2 aromatic carbocycles. The minimum Gasteiger partial charge on any atom is -0.479 e. The fourth-order valence-corrected chi connectivity index (χ4v) is 5.75. The van der Waals surface area contributed by atoms with E-state index in [2.05, 4.69) is 28.7 Å². The Morgan fingerprint density at radius 1 is 1.18 bits per heavy atom. The quantitative estimate of drug-likeness (QED) is 0.220. The van der Waals surface area contributed by atoms with Gasteiger partial charge in [0.1, 0.15) is 11.6 Å². The van der Waals surface area contributed by atoms with Gasteiger partial charge in [0.15, 0.2) is 6.10 Å². The van der Waals surface area contributed by atoms with Gasteiger partial charge in [-0.1, -0.05) is 32.0 Å². The molecule has 0 spiro atoms. The standard InChI is InChI=1S/C30H40FN3O3.2ClH/c1-20(2)29-22(12-11-21-18-23(31)13-14-24(21)29)19-37-27(30(35)36)15-17-34(3)16-7-6-10-28-32-25-8-4-5-9-26(25)33-28;;/h4-5,8-9,13-14,18,20,22,27,29H,6-7,10-12,15-17,19H2,1-3H3,(H,32,33)(H,35,36);2*1H/t22?,27-,29-;;/m0../s1. The summed E-state index contributed by atoms with van der Waals surface area (Å²) in [6.07, 6.45) is 4.26. The Morgan fingerprint density at radius 3 is 2.67 bits per heavy atom. The van der Waals surface area contributed by atoms with Gasteiger partial charge in [-0.15, -0.1) is 24.8 Å². The van der Waals surface area contributed by atoms with Gasteiger partial charge in [-0.25, -0.2) is 14.2 Å². The molecule has 0 saturated heterocycles. The summed E-state index contributed by atoms with van der Waals surface area (Å²) < 4.78 is 19.7. The molecule has 39 heavy (non-hydrogen) atoms. The number of aromatic amines is 1. The number of carbonyl (C=O) groups is 1. The SMILES string of the molecule is CC(C)[C@@H]1c2ccc(F)cc2CCC1CO[C@@H](CCN(C)CCCCc1nc2ccccc2[nH]1)C(=O)O.Cl.Cl. The van der Waals surface area contributed by atoms with Crippen molar-refractivity contribution < 1.29 is 19.0 Å². The van der Waals surface area contributed by atoms with E-state index in [0.717, 1.165) is 61.1 Å². The number of aryl methyl sites for hydroxylation is 2. The fourth-order valence-electron chi connectivity index (χ4n) is 5.75. The topological polar surface area (TPSA) is 78.5 Å². The van der Waals surface area contributed by atoms with Crippen LogP contribution in [0.1, 0.15) is 62.4 Å². The molecule has 216 valence electrons. The van der Waals surface area contributed by atoms with Crippen LogP contribution in [0.25, 0.3) is 11.0 Å². The molecule has 1 heterocycles. The Kier molecular flexibility index (Phi) is 13.2. The Morgan fingerprint density at radius 2 is 1.95 bits per heavy atom. The van der Waals surface area contributed by atoms with Crippen LogP contribution in [0.2, 0.25) is 0 Å². The molecular weight excluding hydrogens is 540 g/mol. The number of ether oxygens (including phenoxy) is 1. The molecule has 0 fully saturated rings. The highest BCUT2D eigenvalue weighted by molar-refractivity contribution is 5.85. The number of benzene rings is 2. The van der Waals surface area contributed by atoms with E-state index < -0.39 is 12.1 Å². The number of aromatic nitrogens is 2. The van der Waals surface area contributed by atoms with Crippen LogP contribution in [0.4, 0.5) is 4.39 Å². The predicted octanol–water partition coefficient (Wildman–Crippen LogP) is 6.66. The number of imidazole rings is 1. The Bertz CT molecular complexity index is 1160. The number of nitrogens with one attached hydrogen (secondary N) is 1. The first-order valence-electron chi connectivity index (χ1n) is 13.6. The number of fused-ring (bicyclic) bond motifs is 2. The molecule has 3 aromatic rings. The van der Waals surface area contributed by atoms with E-state index in [-0.39, 0.29) is 42.5 Å². The molecule has 9 heteroatoms. The number of hydrogen-bond donors (Lipinski definition) is 2. The van der Waals surface area contributed by atoms with Gasteiger partial charge in [-0.3, -0.25) is 0 Å². The Balaban J connectivity index is 0.00000267. The molecule has 0 aliphatic heterocycles. The highest BCUT2D eigenvalue weighted by Gasteiger charge is 2.33. The predicted molar refractivity (Wildman–Crippen MR) is 159 cm³/mol. The summed E-state index contributed by atoms with van der Waals surface area (Å²) >= 11 is 0. The minimum absolute atomic E-state index is 0. The van der Waals surface area contributed by atoms with Crippen LogP contribution < -0.4 is 0 Å². The van der Waals surface area contributed by atoms with Crippen LogP contribution >= 0.6 is 24.8 Å². The third-order valence-electron chi connectivity index (χ3n) is 7.68. The third kappa shape index (κ3) is 8.90. The van der Waals surface area contributed by atoms with Crippen LogP contribution in [0.5, 0.6) is 0 Å². The summed E-state index contributed by atoms with van der Waals surface area (Å²) in [5.41, 5.74) is 4.33. The number of rotatable bonds is 13. The molecule has 1 unspecified atom stereocenters. The lowest BCUT2D eigenvalue weighted by Gasteiger charge is -2.36. The summed E-state index contributed by atoms with van der Waals surface area (Å²) in [6.45, 7) is 6.33. The summed E-state index contributed by atoms with van der Waals surface area (Å²) in [5, 5.41) is 9.78. The summed E-state index contributed by atoms with van der Waals surface area (Å²) in [7, 11) is 2.03. The first-order valence-corrected chi connectivity index (χ1v) is 13.6. The maximum atomic E-state index is 13.7. The van der Waals surface area contributed by atoms with E-state index >= 15 is 0 Å². The van der Waals surface area contributed by atoms with Crippen molar-refractivity contribution in [2.75, 3.05) is 26.7 Å². The van der Waals surface area contributed by atoms with E-state index in [0.29, 0.717) is 25.5 Å². The number of carboxylic acids is 1. The number of carboxylic acid groups (broad SMARTS) is 1. The van der Waals surface area contributed by atoms with Crippen molar-refractivity contribution in [3.05, 3.63) is 65.2 Å². The van der Waals surface area contributed by atoms with E-state index in [1.165, 1.54) is 11.6 Å². The van der Waals surface area contributed by atoms with E-state index in [1.54, 1.807) is 6.07 Å². The first-order chi connectivity index (χ1) is 17.8. The number of hydrogen-bond acceptors (Lipinski definition) is 4. The van der Waals surface area contributed by atoms with Gasteiger partial charge >= 0.3 is 5.97 Å². The van der Waals surface area contributed by atoms with Crippen LogP contribution in [0, 0.1) is 17.7 Å². The number of nitrogens with zero attached hydrogens (tertiary/aromatic N) is 2. The maximum absolute atomic E-state index is 13.7. The Hall–Kier alpha value is -2.19. The first kappa shape index (κ1) is 33.0. The zero-order valence-electron chi connectivity index (χ0n) is 23.1. The zero-order valence-corrected chi connectivity index (χ0v) is 24.7. The summed E-state index contributed by atoms with van der Waals surface area (Å²) in [5.74, 6) is 0.757. The van der Waals surface area contributed by atoms with Crippen molar-refractivity contribution >= 4 is 41.8 Å². The lowest BCUT2D eigenvalue weighted by atomic mass is 9.70. The largest absolute Gasteiger partial charge is 0.479 e. The number of para-hydroxylation sites is 2. The molecule has 1 aliphatic rings. The second kappa shape index (κ2) is 15.6. The third-order valence-corrected chi connectivity index (χ3v) is 7.68. The van der Waals surface area contributed by atoms with E-state index in [1.807, 2.05) is 37.4 Å². The normalized spacial score (nSPS) is 17.5. The summed E-state index contributed by atoms with van der Waals surface area (Å²) in [4.78, 5) is 22.1. The van der Waals surface area contributed by atoms with E-state index in [4.69, 9.17) is 4.74 Å². The number of aliphatic carboxylic acids is 1. The molecule has 4 rings (SSSR count). The van der Waals surface area contributed by atoms with Gasteiger partial charge < -0.3 is 19.7 Å². The van der Waals surface area contributed by atoms with E-state index in [9.17, 15) is 14.3 Å².